The summed E-state index contributed by atoms with van der Waals surface area (Å²) < 4.78 is 37.4. The van der Waals surface area contributed by atoms with Crippen molar-refractivity contribution in [1.82, 2.24) is 0 Å². The molecule has 186 valence electrons. The normalized spacial score (nSPS) is 15.1. The zero-order valence-corrected chi connectivity index (χ0v) is 20.7. The molecule has 0 atom stereocenters. The van der Waals surface area contributed by atoms with Crippen LogP contribution >= 0.6 is 0 Å². The summed E-state index contributed by atoms with van der Waals surface area (Å²) in [6.45, 7) is 4.21. The van der Waals surface area contributed by atoms with Gasteiger partial charge in [-0.3, -0.25) is 12.9 Å². The summed E-state index contributed by atoms with van der Waals surface area (Å²) in [6.07, 6.45) is 16.9. The lowest BCUT2D eigenvalue weighted by atomic mass is 9.99. The molecule has 7 heteroatoms. The molecule has 0 bridgehead atoms. The van der Waals surface area contributed by atoms with Crippen molar-refractivity contribution >= 4 is 24.6 Å². The van der Waals surface area contributed by atoms with E-state index in [0.717, 1.165) is 28.2 Å². The second-order valence-corrected chi connectivity index (χ2v) is 8.41. The zero-order chi connectivity index (χ0) is 25.4. The first kappa shape index (κ1) is 28.4. The average Bonchev–Trinajstić information content (AvgIpc) is 2.83. The third-order valence-electron chi connectivity index (χ3n) is 5.38. The lowest BCUT2D eigenvalue weighted by Gasteiger charge is -2.18. The molecule has 1 aliphatic heterocycles. The van der Waals surface area contributed by atoms with Gasteiger partial charge >= 0.3 is 7.54 Å². The van der Waals surface area contributed by atoms with Gasteiger partial charge in [0.1, 0.15) is 25.6 Å². The Kier molecular flexibility index (Phi) is 10.5. The predicted octanol–water partition coefficient (Wildman–Crippen LogP) is 4.29. The molecule has 0 radical (unpaired) electrons. The van der Waals surface area contributed by atoms with E-state index >= 15 is 0 Å². The number of allylic oxidation sites excluding steroid dienone is 10. The fraction of sp³-hybridized carbons (Fsp3) is 0.138. The van der Waals surface area contributed by atoms with E-state index in [4.69, 9.17) is 4.74 Å². The lowest BCUT2D eigenvalue weighted by molar-refractivity contribution is -0.462. The highest BCUT2D eigenvalue weighted by atomic mass is 19.4. The molecule has 0 fully saturated rings. The summed E-state index contributed by atoms with van der Waals surface area (Å²) in [7, 11) is 0.430. The maximum absolute atomic E-state index is 9.67. The molecular weight excluding hydrogens is 465 g/mol. The van der Waals surface area contributed by atoms with E-state index in [0.29, 0.717) is 0 Å². The lowest BCUT2D eigenvalue weighted by Crippen LogP contribution is -3.00. The average molecular weight is 493 g/mol. The first-order chi connectivity index (χ1) is 16.7. The Morgan fingerprint density at radius 2 is 1.22 bits per heavy atom. The van der Waals surface area contributed by atoms with Crippen molar-refractivity contribution in [1.29, 1.82) is 0 Å². The molecular formula is C29H28BF4NO. The van der Waals surface area contributed by atoms with Crippen LogP contribution in [0.25, 0.3) is 11.3 Å². The van der Waals surface area contributed by atoms with Crippen LogP contribution in [0.1, 0.15) is 22.3 Å². The van der Waals surface area contributed by atoms with Crippen molar-refractivity contribution in [3.05, 3.63) is 131 Å². The van der Waals surface area contributed by atoms with Crippen molar-refractivity contribution in [3.8, 4) is 0 Å². The zero-order valence-electron chi connectivity index (χ0n) is 20.7. The Balaban J connectivity index is 0.000000850. The topological polar surface area (TPSA) is 12.2 Å². The Bertz CT molecular complexity index is 1240. The van der Waals surface area contributed by atoms with E-state index in [1.165, 1.54) is 22.4 Å². The molecule has 2 aromatic carbocycles. The van der Waals surface area contributed by atoms with Crippen LogP contribution in [0.15, 0.2) is 108 Å². The molecule has 0 spiro atoms. The fourth-order valence-corrected chi connectivity index (χ4v) is 3.44. The van der Waals surface area contributed by atoms with Gasteiger partial charge in [-0.15, -0.1) is 0 Å². The van der Waals surface area contributed by atoms with Crippen molar-refractivity contribution in [2.75, 3.05) is 14.1 Å². The number of nitrogens with zero attached hydrogens (tertiary/aromatic N) is 1. The molecule has 0 N–H and O–H groups in total. The molecule has 0 saturated heterocycles. The van der Waals surface area contributed by atoms with Crippen molar-refractivity contribution in [2.45, 2.75) is 13.8 Å². The second kappa shape index (κ2) is 13.3. The van der Waals surface area contributed by atoms with E-state index < -0.39 is 7.54 Å². The fourth-order valence-electron chi connectivity index (χ4n) is 3.44. The van der Waals surface area contributed by atoms with E-state index in [9.17, 15) is 12.9 Å². The minimum atomic E-state index is -3.67. The number of halogens is 4. The molecule has 36 heavy (non-hydrogen) atoms. The van der Waals surface area contributed by atoms with Crippen LogP contribution in [0.3, 0.4) is 0 Å². The number of hydrogen-bond acceptors (Lipinski definition) is 1. The molecule has 2 nitrogen and oxygen atoms in total. The highest BCUT2D eigenvalue weighted by molar-refractivity contribution is 6.33. The summed E-state index contributed by atoms with van der Waals surface area (Å²) in [5, 5.41) is 0. The molecule has 0 amide bonds. The highest BCUT2D eigenvalue weighted by Crippen LogP contribution is 2.32. The van der Waals surface area contributed by atoms with Gasteiger partial charge in [0.25, 0.3) is 0 Å². The van der Waals surface area contributed by atoms with E-state index in [-0.39, 0.29) is 4.70 Å². The van der Waals surface area contributed by atoms with Gasteiger partial charge in [-0.25, -0.2) is 4.58 Å². The Morgan fingerprint density at radius 1 is 0.722 bits per heavy atom. The van der Waals surface area contributed by atoms with Gasteiger partial charge in [0.2, 0.25) is 0 Å². The Hall–Kier alpha value is -3.87. The van der Waals surface area contributed by atoms with Crippen LogP contribution in [-0.2, 0) is 4.74 Å². The van der Waals surface area contributed by atoms with Crippen LogP contribution in [0.2, 0.25) is 0 Å². The van der Waals surface area contributed by atoms with Gasteiger partial charge in [0.05, 0.1) is 0 Å². The van der Waals surface area contributed by atoms with Crippen molar-refractivity contribution < 1.29 is 27.0 Å². The number of hydrogen-bond donors (Lipinski definition) is 0. The van der Waals surface area contributed by atoms with Crippen molar-refractivity contribution in [3.63, 3.8) is 0 Å². The molecule has 1 heterocycles. The molecule has 0 saturated carbocycles. The quantitative estimate of drug-likeness (QED) is 0.353. The van der Waals surface area contributed by atoms with Gasteiger partial charge in [-0.1, -0.05) is 65.7 Å². The number of benzene rings is 2. The summed E-state index contributed by atoms with van der Waals surface area (Å²) >= 11 is 0. The summed E-state index contributed by atoms with van der Waals surface area (Å²) in [5.41, 5.74) is 8.21. The molecule has 1 aliphatic carbocycles. The maximum atomic E-state index is 9.67. The highest BCUT2D eigenvalue weighted by Gasteiger charge is 2.14. The van der Waals surface area contributed by atoms with Crippen LogP contribution in [-0.4, -0.2) is 31.9 Å². The predicted molar refractivity (Wildman–Crippen MR) is 140 cm³/mol. The van der Waals surface area contributed by atoms with Crippen LogP contribution < -0.4 is 4.70 Å². The molecule has 4 rings (SSSR count). The molecule has 2 aliphatic rings. The largest absolute Gasteiger partial charge is 1.00 e. The second-order valence-electron chi connectivity index (χ2n) is 8.41. The smallest absolute Gasteiger partial charge is 0.762 e. The first-order valence-electron chi connectivity index (χ1n) is 11.2. The van der Waals surface area contributed by atoms with Gasteiger partial charge in [-0.2, -0.15) is 0 Å². The van der Waals surface area contributed by atoms with Crippen molar-refractivity contribution in [2.24, 2.45) is 0 Å². The number of rotatable bonds is 3. The number of ether oxygens (including phenoxy) is 1. The van der Waals surface area contributed by atoms with Crippen LogP contribution in [0.5, 0.6) is 0 Å². The van der Waals surface area contributed by atoms with E-state index in [1.807, 2.05) is 20.2 Å². The molecule has 0 aromatic heterocycles. The monoisotopic (exact) mass is 493 g/mol. The minimum Gasteiger partial charge on any atom is -1.00 e. The SMILES string of the molecule is Cc1ccc(C2=CC(=CC=C3C=CC(=[N+](C)C)C=C3)OC(c3ccc(C)cc3)=C2)cc1.FB(F)F.[F-]. The van der Waals surface area contributed by atoms with Gasteiger partial charge in [0, 0.05) is 17.7 Å². The van der Waals surface area contributed by atoms with Crippen LogP contribution in [0, 0.1) is 13.8 Å². The summed E-state index contributed by atoms with van der Waals surface area (Å²) in [6, 6.07) is 17.1. The molecule has 0 unspecified atom stereocenters. The first-order valence-corrected chi connectivity index (χ1v) is 11.2. The van der Waals surface area contributed by atoms with E-state index in [2.05, 4.69) is 109 Å². The van der Waals surface area contributed by atoms with Crippen LogP contribution in [0.4, 0.5) is 12.9 Å². The maximum Gasteiger partial charge on any atom is 0.762 e. The molecule has 2 aromatic rings. The summed E-state index contributed by atoms with van der Waals surface area (Å²) in [5.74, 6) is 1.69. The van der Waals surface area contributed by atoms with Gasteiger partial charge in [-0.05, 0) is 60.9 Å². The summed E-state index contributed by atoms with van der Waals surface area (Å²) in [4.78, 5) is 0. The third-order valence-corrected chi connectivity index (χ3v) is 5.38. The van der Waals surface area contributed by atoms with Gasteiger partial charge in [0.15, 0.2) is 5.71 Å². The third kappa shape index (κ3) is 8.41. The minimum absolute atomic E-state index is 0. The Morgan fingerprint density at radius 3 is 1.72 bits per heavy atom. The standard InChI is InChI=1S/C29H28NO.BF3.FH/c1-21-5-12-24(13-6-21)26-19-28(18-11-23-9-16-27(17-10-23)30(3)4)31-29(20-26)25-14-7-22(2)8-15-25;2-1(3)4;/h5-20H,1-4H3;;1H/q+1;;/p-1. The van der Waals surface area contributed by atoms with Gasteiger partial charge < -0.3 is 9.44 Å². The van der Waals surface area contributed by atoms with E-state index in [1.54, 1.807) is 0 Å². The Labute approximate surface area is 210 Å². The number of aryl methyl sites for hydroxylation is 2.